The van der Waals surface area contributed by atoms with Crippen LogP contribution in [-0.2, 0) is 9.47 Å². The number of allylic oxidation sites excluding steroid dienone is 4. The Kier molecular flexibility index (Phi) is 9.24. The van der Waals surface area contributed by atoms with Crippen molar-refractivity contribution in [2.75, 3.05) is 53.0 Å². The summed E-state index contributed by atoms with van der Waals surface area (Å²) in [6.45, 7) is 13.4. The molecule has 2 heterocycles. The molecule has 0 bridgehead atoms. The molecule has 188 valence electrons. The van der Waals surface area contributed by atoms with E-state index in [1.807, 2.05) is 19.9 Å². The first kappa shape index (κ1) is 25.9. The summed E-state index contributed by atoms with van der Waals surface area (Å²) in [7, 11) is 1.68. The van der Waals surface area contributed by atoms with Gasteiger partial charge in [-0.1, -0.05) is 12.2 Å². The Bertz CT molecular complexity index is 890. The molecule has 1 unspecified atom stereocenters. The maximum atomic E-state index is 10.6. The van der Waals surface area contributed by atoms with Gasteiger partial charge in [0.1, 0.15) is 23.6 Å². The molecule has 0 aromatic carbocycles. The van der Waals surface area contributed by atoms with Gasteiger partial charge in [0.15, 0.2) is 5.82 Å². The molecule has 2 fully saturated rings. The number of hydrogen-bond donors (Lipinski definition) is 4. The molecule has 1 aliphatic carbocycles. The van der Waals surface area contributed by atoms with Crippen LogP contribution in [0, 0.1) is 0 Å². The second-order valence-corrected chi connectivity index (χ2v) is 9.45. The Morgan fingerprint density at radius 1 is 1.29 bits per heavy atom. The molecular weight excluding hydrogens is 430 g/mol. The number of β-amino-alcohol motifs (C(OH)–C–C–N with tert-alkyl or cyclic N) is 1. The van der Waals surface area contributed by atoms with Gasteiger partial charge in [-0.3, -0.25) is 4.58 Å². The average Bonchev–Trinajstić information content (AvgIpc) is 3.00. The molecule has 5 N–H and O–H groups in total. The summed E-state index contributed by atoms with van der Waals surface area (Å²) < 4.78 is 13.0. The van der Waals surface area contributed by atoms with E-state index in [0.717, 1.165) is 75.2 Å². The molecule has 8 nitrogen and oxygen atoms in total. The van der Waals surface area contributed by atoms with Crippen molar-refractivity contribution in [3.05, 3.63) is 59.4 Å². The van der Waals surface area contributed by atoms with Gasteiger partial charge in [0.2, 0.25) is 0 Å². The fourth-order valence-electron chi connectivity index (χ4n) is 4.31. The Balaban J connectivity index is 1.75. The Hall–Kier alpha value is -2.71. The van der Waals surface area contributed by atoms with Crippen LogP contribution in [0.5, 0.6) is 0 Å². The normalized spacial score (nSPS) is 25.8. The zero-order chi connectivity index (χ0) is 24.6. The molecule has 0 aromatic heterocycles. The highest BCUT2D eigenvalue weighted by atomic mass is 16.5. The number of amidine groups is 1. The van der Waals surface area contributed by atoms with Crippen LogP contribution in [0.3, 0.4) is 0 Å². The van der Waals surface area contributed by atoms with Crippen molar-refractivity contribution in [2.45, 2.75) is 45.1 Å². The quantitative estimate of drug-likeness (QED) is 0.332. The van der Waals surface area contributed by atoms with Crippen LogP contribution in [0.15, 0.2) is 59.4 Å². The van der Waals surface area contributed by atoms with Crippen LogP contribution < -0.4 is 16.4 Å². The highest BCUT2D eigenvalue weighted by molar-refractivity contribution is 5.95. The van der Waals surface area contributed by atoms with Crippen molar-refractivity contribution < 1.29 is 19.2 Å². The zero-order valence-electron chi connectivity index (χ0n) is 21.0. The van der Waals surface area contributed by atoms with Gasteiger partial charge in [-0.2, -0.15) is 0 Å². The molecular formula is C26H42N5O3+. The fraction of sp³-hybridized carbons (Fsp3) is 0.577. The molecule has 0 amide bonds. The van der Waals surface area contributed by atoms with Gasteiger partial charge in [-0.15, -0.1) is 0 Å². The summed E-state index contributed by atoms with van der Waals surface area (Å²) in [5.41, 5.74) is 8.63. The Morgan fingerprint density at radius 3 is 2.68 bits per heavy atom. The van der Waals surface area contributed by atoms with Crippen LogP contribution in [0.1, 0.15) is 39.5 Å². The minimum absolute atomic E-state index is 0.518. The number of aliphatic hydroxyl groups is 1. The van der Waals surface area contributed by atoms with E-state index in [2.05, 4.69) is 44.9 Å². The molecule has 0 aromatic rings. The van der Waals surface area contributed by atoms with E-state index < -0.39 is 5.60 Å². The predicted octanol–water partition coefficient (Wildman–Crippen LogP) is 1.92. The van der Waals surface area contributed by atoms with Gasteiger partial charge >= 0.3 is 5.84 Å². The number of nitrogens with one attached hydrogen (secondary N) is 2. The predicted molar refractivity (Wildman–Crippen MR) is 136 cm³/mol. The van der Waals surface area contributed by atoms with Gasteiger partial charge in [-0.05, 0) is 57.4 Å². The molecule has 2 saturated heterocycles. The van der Waals surface area contributed by atoms with E-state index >= 15 is 0 Å². The van der Waals surface area contributed by atoms with E-state index in [4.69, 9.17) is 15.2 Å². The maximum absolute atomic E-state index is 10.6. The van der Waals surface area contributed by atoms with E-state index in [1.54, 1.807) is 7.11 Å². The summed E-state index contributed by atoms with van der Waals surface area (Å²) in [6, 6.07) is 0. The summed E-state index contributed by atoms with van der Waals surface area (Å²) in [5, 5.41) is 17.6. The van der Waals surface area contributed by atoms with Gasteiger partial charge in [0, 0.05) is 45.0 Å². The maximum Gasteiger partial charge on any atom is 0.301 e. The first-order chi connectivity index (χ1) is 16.3. The highest BCUT2D eigenvalue weighted by Gasteiger charge is 2.35. The van der Waals surface area contributed by atoms with Gasteiger partial charge in [0.05, 0.1) is 13.7 Å². The molecule has 1 atom stereocenters. The monoisotopic (exact) mass is 472 g/mol. The molecule has 3 rings (SSSR count). The van der Waals surface area contributed by atoms with E-state index in [0.29, 0.717) is 25.2 Å². The van der Waals surface area contributed by atoms with Crippen LogP contribution in [0.4, 0.5) is 0 Å². The Labute approximate surface area is 204 Å². The van der Waals surface area contributed by atoms with Crippen molar-refractivity contribution in [3.63, 3.8) is 0 Å². The van der Waals surface area contributed by atoms with Crippen molar-refractivity contribution in [3.8, 4) is 0 Å². The number of nitrogens with zero attached hydrogens (tertiary/aromatic N) is 2. The lowest BCUT2D eigenvalue weighted by Crippen LogP contribution is -2.44. The number of rotatable bonds is 7. The van der Waals surface area contributed by atoms with E-state index in [9.17, 15) is 5.11 Å². The number of nitrogens with two attached hydrogens (primary N) is 1. The topological polar surface area (TPSA) is 95.0 Å². The largest absolute Gasteiger partial charge is 0.497 e. The van der Waals surface area contributed by atoms with Crippen molar-refractivity contribution >= 4 is 5.84 Å². The van der Waals surface area contributed by atoms with Crippen molar-refractivity contribution in [1.29, 1.82) is 0 Å². The van der Waals surface area contributed by atoms with Gasteiger partial charge in [-0.25, -0.2) is 5.32 Å². The molecule has 8 heteroatoms. The molecule has 0 saturated carbocycles. The summed E-state index contributed by atoms with van der Waals surface area (Å²) in [4.78, 5) is 2.26. The van der Waals surface area contributed by atoms with Gasteiger partial charge < -0.3 is 30.5 Å². The first-order valence-electron chi connectivity index (χ1n) is 12.2. The molecule has 34 heavy (non-hydrogen) atoms. The van der Waals surface area contributed by atoms with Crippen LogP contribution in [0.2, 0.25) is 0 Å². The number of methoxy groups -OCH3 is 1. The third-order valence-corrected chi connectivity index (χ3v) is 6.46. The molecule has 0 radical (unpaired) electrons. The second-order valence-electron chi connectivity index (χ2n) is 9.45. The molecule has 0 spiro atoms. The lowest BCUT2D eigenvalue weighted by Gasteiger charge is -2.27. The van der Waals surface area contributed by atoms with Gasteiger partial charge in [0.25, 0.3) is 0 Å². The van der Waals surface area contributed by atoms with Crippen LogP contribution in [0.25, 0.3) is 0 Å². The van der Waals surface area contributed by atoms with Crippen LogP contribution in [-0.4, -0.2) is 79.1 Å². The second kappa shape index (κ2) is 12.1. The standard InChI is InChI=1S/C26H41N5O3/c1-20(28-18-22-8-5-9-23(33-4)11-10-22)24(27)25(31-15-12-26(3,32)19-31)29-21(2)30-13-6-16-34-17-7-14-30/h8-11,32H,2,5-7,12-19,27H2,1,3-4H3,(H,28,29)/p+1. The van der Waals surface area contributed by atoms with E-state index in [1.165, 1.54) is 5.57 Å². The lowest BCUT2D eigenvalue weighted by atomic mass is 10.1. The summed E-state index contributed by atoms with van der Waals surface area (Å²) >= 11 is 0. The third kappa shape index (κ3) is 7.40. The fourth-order valence-corrected chi connectivity index (χ4v) is 4.31. The minimum Gasteiger partial charge on any atom is -0.497 e. The summed E-state index contributed by atoms with van der Waals surface area (Å²) in [5.74, 6) is 2.49. The number of hydrogen-bond acceptors (Lipinski definition) is 6. The summed E-state index contributed by atoms with van der Waals surface area (Å²) in [6.07, 6.45) is 11.7. The third-order valence-electron chi connectivity index (χ3n) is 6.46. The average molecular weight is 473 g/mol. The number of ether oxygens (including phenoxy) is 2. The highest BCUT2D eigenvalue weighted by Crippen LogP contribution is 2.18. The SMILES string of the molecule is C=C(NC(C(N)=C(C)NCC1=CCC=C(OC)C=C1)=[N+]1CCC(C)(O)C1)N1CCCOCCC1. The Morgan fingerprint density at radius 2 is 2.03 bits per heavy atom. The van der Waals surface area contributed by atoms with E-state index in [-0.39, 0.29) is 0 Å². The lowest BCUT2D eigenvalue weighted by molar-refractivity contribution is -0.514. The van der Waals surface area contributed by atoms with Crippen molar-refractivity contribution in [1.82, 2.24) is 15.5 Å². The first-order valence-corrected chi connectivity index (χ1v) is 12.2. The molecule has 2 aliphatic heterocycles. The van der Waals surface area contributed by atoms with Crippen molar-refractivity contribution in [2.24, 2.45) is 5.73 Å². The molecule has 3 aliphatic rings. The van der Waals surface area contributed by atoms with Crippen LogP contribution >= 0.6 is 0 Å². The minimum atomic E-state index is -0.740. The zero-order valence-corrected chi connectivity index (χ0v) is 21.0. The smallest absolute Gasteiger partial charge is 0.301 e.